The van der Waals surface area contributed by atoms with E-state index in [0.717, 1.165) is 0 Å². The molecule has 0 aliphatic carbocycles. The molecule has 6 nitrogen and oxygen atoms in total. The second-order valence-corrected chi connectivity index (χ2v) is 6.84. The van der Waals surface area contributed by atoms with Gasteiger partial charge in [-0.15, -0.1) is 0 Å². The fourth-order valence-corrected chi connectivity index (χ4v) is 3.04. The number of likely N-dealkylation sites (tertiary alicyclic amines) is 1. The molecule has 2 rings (SSSR count). The van der Waals surface area contributed by atoms with Gasteiger partial charge in [0.2, 0.25) is 5.91 Å². The van der Waals surface area contributed by atoms with Gasteiger partial charge in [-0.3, -0.25) is 14.4 Å². The van der Waals surface area contributed by atoms with Gasteiger partial charge in [-0.25, -0.2) is 4.39 Å². The van der Waals surface area contributed by atoms with Crippen LogP contribution in [0.1, 0.15) is 31.1 Å². The Morgan fingerprint density at radius 2 is 1.88 bits per heavy atom. The zero-order valence-electron chi connectivity index (χ0n) is 14.5. The lowest BCUT2D eigenvalue weighted by Gasteiger charge is -2.27. The minimum Gasteiger partial charge on any atom is -0.481 e. The minimum atomic E-state index is -0.931. The van der Waals surface area contributed by atoms with Crippen LogP contribution in [0, 0.1) is 23.6 Å². The number of amides is 2. The molecule has 1 aliphatic rings. The molecule has 2 amide bonds. The first-order valence-electron chi connectivity index (χ1n) is 8.29. The number of aliphatic carboxylic acids is 1. The molecule has 0 spiro atoms. The highest BCUT2D eigenvalue weighted by Gasteiger charge is 2.40. The standard InChI is InChI=1S/C18H23FN2O4/c1-10(2)15(20-16(22)12-6-4-5-7-14(12)19)17(23)21-8-11(3)13(9-21)18(24)25/h4-7,10-11,13,15H,8-9H2,1-3H3,(H,20,22)(H,24,25)/t11-,13-,15?/m1/s1. The maximum absolute atomic E-state index is 13.8. The molecular weight excluding hydrogens is 327 g/mol. The number of nitrogens with zero attached hydrogens (tertiary/aromatic N) is 1. The second-order valence-electron chi connectivity index (χ2n) is 6.84. The van der Waals surface area contributed by atoms with E-state index in [9.17, 15) is 23.9 Å². The Bertz CT molecular complexity index is 677. The molecule has 0 radical (unpaired) electrons. The Morgan fingerprint density at radius 3 is 2.40 bits per heavy atom. The lowest BCUT2D eigenvalue weighted by atomic mass is 9.99. The third-order valence-corrected chi connectivity index (χ3v) is 4.58. The van der Waals surface area contributed by atoms with Gasteiger partial charge in [-0.1, -0.05) is 32.9 Å². The summed E-state index contributed by atoms with van der Waals surface area (Å²) in [7, 11) is 0. The second kappa shape index (κ2) is 7.63. The van der Waals surface area contributed by atoms with Crippen molar-refractivity contribution in [1.29, 1.82) is 0 Å². The number of nitrogens with one attached hydrogen (secondary N) is 1. The first kappa shape index (κ1) is 18.9. The van der Waals surface area contributed by atoms with Crippen LogP contribution in [0.3, 0.4) is 0 Å². The van der Waals surface area contributed by atoms with Crippen molar-refractivity contribution < 1.29 is 23.9 Å². The molecule has 3 atom stereocenters. The van der Waals surface area contributed by atoms with E-state index in [0.29, 0.717) is 6.54 Å². The molecule has 2 N–H and O–H groups in total. The summed E-state index contributed by atoms with van der Waals surface area (Å²) in [6.07, 6.45) is 0. The number of hydrogen-bond acceptors (Lipinski definition) is 3. The Balaban J connectivity index is 2.13. The number of halogens is 1. The number of hydrogen-bond donors (Lipinski definition) is 2. The van der Waals surface area contributed by atoms with Crippen LogP contribution in [-0.2, 0) is 9.59 Å². The van der Waals surface area contributed by atoms with Gasteiger partial charge >= 0.3 is 5.97 Å². The predicted molar refractivity (Wildman–Crippen MR) is 89.4 cm³/mol. The van der Waals surface area contributed by atoms with Gasteiger partial charge in [0.15, 0.2) is 0 Å². The van der Waals surface area contributed by atoms with Crippen molar-refractivity contribution in [2.45, 2.75) is 26.8 Å². The first-order valence-corrected chi connectivity index (χ1v) is 8.29. The van der Waals surface area contributed by atoms with Crippen LogP contribution in [0.25, 0.3) is 0 Å². The van der Waals surface area contributed by atoms with Crippen LogP contribution in [0.2, 0.25) is 0 Å². The lowest BCUT2D eigenvalue weighted by molar-refractivity contribution is -0.142. The third-order valence-electron chi connectivity index (χ3n) is 4.58. The zero-order valence-corrected chi connectivity index (χ0v) is 14.5. The number of carbonyl (C=O) groups is 3. The van der Waals surface area contributed by atoms with Crippen LogP contribution < -0.4 is 5.32 Å². The normalized spacial score (nSPS) is 21.2. The predicted octanol–water partition coefficient (Wildman–Crippen LogP) is 1.76. The SMILES string of the molecule is CC(C)C(NC(=O)c1ccccc1F)C(=O)N1C[C@@H](C)[C@H](C(=O)O)C1. The quantitative estimate of drug-likeness (QED) is 0.847. The molecule has 136 valence electrons. The first-order chi connectivity index (χ1) is 11.7. The van der Waals surface area contributed by atoms with E-state index in [1.54, 1.807) is 26.8 Å². The van der Waals surface area contributed by atoms with Gasteiger partial charge in [-0.2, -0.15) is 0 Å². The zero-order chi connectivity index (χ0) is 18.7. The Labute approximate surface area is 146 Å². The number of carbonyl (C=O) groups excluding carboxylic acids is 2. The monoisotopic (exact) mass is 350 g/mol. The minimum absolute atomic E-state index is 0.119. The summed E-state index contributed by atoms with van der Waals surface area (Å²) in [4.78, 5) is 37.8. The van der Waals surface area contributed by atoms with Gasteiger partial charge in [0.25, 0.3) is 5.91 Å². The summed E-state index contributed by atoms with van der Waals surface area (Å²) < 4.78 is 13.8. The van der Waals surface area contributed by atoms with Crippen molar-refractivity contribution in [1.82, 2.24) is 10.2 Å². The van der Waals surface area contributed by atoms with Crippen molar-refractivity contribution in [3.05, 3.63) is 35.6 Å². The Morgan fingerprint density at radius 1 is 1.24 bits per heavy atom. The average molecular weight is 350 g/mol. The summed E-state index contributed by atoms with van der Waals surface area (Å²) >= 11 is 0. The van der Waals surface area contributed by atoms with Crippen LogP contribution in [0.15, 0.2) is 24.3 Å². The molecule has 1 aliphatic heterocycles. The smallest absolute Gasteiger partial charge is 0.308 e. The molecule has 0 saturated carbocycles. The molecule has 1 aromatic carbocycles. The van der Waals surface area contributed by atoms with Gasteiger partial charge in [0, 0.05) is 13.1 Å². The summed E-state index contributed by atoms with van der Waals surface area (Å²) in [5.41, 5.74) is -0.126. The summed E-state index contributed by atoms with van der Waals surface area (Å²) in [6.45, 7) is 5.79. The molecule has 1 heterocycles. The highest BCUT2D eigenvalue weighted by Crippen LogP contribution is 2.24. The summed E-state index contributed by atoms with van der Waals surface area (Å²) in [5, 5.41) is 11.8. The molecule has 1 aromatic rings. The Hall–Kier alpha value is -2.44. The van der Waals surface area contributed by atoms with Crippen LogP contribution >= 0.6 is 0 Å². The molecule has 1 fully saturated rings. The van der Waals surface area contributed by atoms with E-state index in [2.05, 4.69) is 5.32 Å². The molecule has 7 heteroatoms. The molecule has 0 bridgehead atoms. The summed E-state index contributed by atoms with van der Waals surface area (Å²) in [5.74, 6) is -3.57. The molecule has 0 aromatic heterocycles. The maximum Gasteiger partial charge on any atom is 0.308 e. The topological polar surface area (TPSA) is 86.7 Å². The molecule has 1 unspecified atom stereocenters. The highest BCUT2D eigenvalue weighted by molar-refractivity contribution is 5.98. The molecular formula is C18H23FN2O4. The van der Waals surface area contributed by atoms with Gasteiger partial charge in [0.1, 0.15) is 11.9 Å². The van der Waals surface area contributed by atoms with Gasteiger partial charge < -0.3 is 15.3 Å². The van der Waals surface area contributed by atoms with Crippen molar-refractivity contribution >= 4 is 17.8 Å². The number of carboxylic acid groups (broad SMARTS) is 1. The van der Waals surface area contributed by atoms with Crippen molar-refractivity contribution in [2.75, 3.05) is 13.1 Å². The van der Waals surface area contributed by atoms with Crippen molar-refractivity contribution in [3.8, 4) is 0 Å². The largest absolute Gasteiger partial charge is 0.481 e. The van der Waals surface area contributed by atoms with E-state index in [1.807, 2.05) is 0 Å². The van der Waals surface area contributed by atoms with Crippen molar-refractivity contribution in [2.24, 2.45) is 17.8 Å². The van der Waals surface area contributed by atoms with Crippen LogP contribution in [0.4, 0.5) is 4.39 Å². The van der Waals surface area contributed by atoms with E-state index in [4.69, 9.17) is 0 Å². The van der Waals surface area contributed by atoms with Crippen LogP contribution in [-0.4, -0.2) is 46.9 Å². The van der Waals surface area contributed by atoms with Gasteiger partial charge in [0.05, 0.1) is 11.5 Å². The molecule has 1 saturated heterocycles. The number of benzene rings is 1. The van der Waals surface area contributed by atoms with E-state index >= 15 is 0 Å². The lowest BCUT2D eigenvalue weighted by Crippen LogP contribution is -2.51. The third kappa shape index (κ3) is 4.15. The van der Waals surface area contributed by atoms with Gasteiger partial charge in [-0.05, 0) is 24.0 Å². The number of rotatable bonds is 5. The van der Waals surface area contributed by atoms with Crippen LogP contribution in [0.5, 0.6) is 0 Å². The fourth-order valence-electron chi connectivity index (χ4n) is 3.04. The molecule has 25 heavy (non-hydrogen) atoms. The van der Waals surface area contributed by atoms with E-state index in [-0.39, 0.29) is 29.9 Å². The fraction of sp³-hybridized carbons (Fsp3) is 0.500. The number of carboxylic acids is 1. The van der Waals surface area contributed by atoms with E-state index in [1.165, 1.54) is 23.1 Å². The van der Waals surface area contributed by atoms with E-state index < -0.39 is 29.7 Å². The summed E-state index contributed by atoms with van der Waals surface area (Å²) in [6, 6.07) is 4.72. The Kier molecular flexibility index (Phi) is 5.77. The maximum atomic E-state index is 13.8. The highest BCUT2D eigenvalue weighted by atomic mass is 19.1. The van der Waals surface area contributed by atoms with Crippen molar-refractivity contribution in [3.63, 3.8) is 0 Å². The average Bonchev–Trinajstić information content (AvgIpc) is 2.94.